The summed E-state index contributed by atoms with van der Waals surface area (Å²) in [5, 5.41) is 13.9. The van der Waals surface area contributed by atoms with Crippen LogP contribution in [0.2, 0.25) is 0 Å². The molecule has 1 fully saturated rings. The molecule has 0 bridgehead atoms. The number of hydrogen-bond acceptors (Lipinski definition) is 4. The molecule has 0 heterocycles. The van der Waals surface area contributed by atoms with Crippen molar-refractivity contribution in [2.24, 2.45) is 5.41 Å². The van der Waals surface area contributed by atoms with Crippen LogP contribution in [-0.4, -0.2) is 31.9 Å². The second kappa shape index (κ2) is 6.67. The second-order valence-electron chi connectivity index (χ2n) is 6.64. The van der Waals surface area contributed by atoms with Crippen molar-refractivity contribution in [2.45, 2.75) is 45.3 Å². The van der Waals surface area contributed by atoms with Gasteiger partial charge in [-0.2, -0.15) is 0 Å². The van der Waals surface area contributed by atoms with E-state index in [0.29, 0.717) is 23.8 Å². The summed E-state index contributed by atoms with van der Waals surface area (Å²) in [6.07, 6.45) is 2.98. The molecular weight excluding hydrogens is 266 g/mol. The molecule has 0 radical (unpaired) electrons. The van der Waals surface area contributed by atoms with Crippen LogP contribution in [0, 0.1) is 5.41 Å². The number of benzene rings is 1. The fraction of sp³-hybridized carbons (Fsp3) is 0.647. The highest BCUT2D eigenvalue weighted by Crippen LogP contribution is 2.37. The summed E-state index contributed by atoms with van der Waals surface area (Å²) in [6.45, 7) is 5.14. The Bertz CT molecular complexity index is 473. The molecule has 2 unspecified atom stereocenters. The standard InChI is InChI=1S/C17H27NO3/c1-17(2)8-7-12(10-17)18-11-15(19)14-9-13(20-3)5-6-16(14)21-4/h5-6,9,12,15,18-19H,7-8,10-11H2,1-4H3. The predicted molar refractivity (Wildman–Crippen MR) is 83.9 cm³/mol. The summed E-state index contributed by atoms with van der Waals surface area (Å²) in [4.78, 5) is 0. The van der Waals surface area contributed by atoms with E-state index in [2.05, 4.69) is 19.2 Å². The lowest BCUT2D eigenvalue weighted by Gasteiger charge is -2.21. The maximum atomic E-state index is 10.4. The maximum Gasteiger partial charge on any atom is 0.124 e. The maximum absolute atomic E-state index is 10.4. The number of nitrogens with one attached hydrogen (secondary N) is 1. The number of methoxy groups -OCH3 is 2. The monoisotopic (exact) mass is 293 g/mol. The second-order valence-corrected chi connectivity index (χ2v) is 6.64. The molecule has 118 valence electrons. The molecule has 1 saturated carbocycles. The molecule has 4 nitrogen and oxygen atoms in total. The van der Waals surface area contributed by atoms with Gasteiger partial charge in [0.05, 0.1) is 20.3 Å². The Labute approximate surface area is 127 Å². The van der Waals surface area contributed by atoms with E-state index in [0.717, 1.165) is 17.7 Å². The largest absolute Gasteiger partial charge is 0.497 e. The van der Waals surface area contributed by atoms with Crippen molar-refractivity contribution in [3.05, 3.63) is 23.8 Å². The van der Waals surface area contributed by atoms with Gasteiger partial charge in [0.2, 0.25) is 0 Å². The fourth-order valence-corrected chi connectivity index (χ4v) is 3.10. The number of aliphatic hydroxyl groups excluding tert-OH is 1. The molecule has 1 aliphatic carbocycles. The van der Waals surface area contributed by atoms with Crippen LogP contribution < -0.4 is 14.8 Å². The summed E-state index contributed by atoms with van der Waals surface area (Å²) in [5.74, 6) is 1.42. The van der Waals surface area contributed by atoms with Crippen LogP contribution >= 0.6 is 0 Å². The van der Waals surface area contributed by atoms with E-state index in [1.54, 1.807) is 14.2 Å². The van der Waals surface area contributed by atoms with E-state index in [1.807, 2.05) is 18.2 Å². The molecule has 0 aromatic heterocycles. The fourth-order valence-electron chi connectivity index (χ4n) is 3.10. The van der Waals surface area contributed by atoms with Crippen molar-refractivity contribution < 1.29 is 14.6 Å². The van der Waals surface area contributed by atoms with Gasteiger partial charge >= 0.3 is 0 Å². The molecule has 2 rings (SSSR count). The Morgan fingerprint density at radius 2 is 2.10 bits per heavy atom. The van der Waals surface area contributed by atoms with E-state index in [1.165, 1.54) is 12.8 Å². The first-order valence-corrected chi connectivity index (χ1v) is 7.58. The minimum Gasteiger partial charge on any atom is -0.497 e. The molecule has 21 heavy (non-hydrogen) atoms. The highest BCUT2D eigenvalue weighted by molar-refractivity contribution is 5.41. The van der Waals surface area contributed by atoms with Crippen molar-refractivity contribution in [1.82, 2.24) is 5.32 Å². The average molecular weight is 293 g/mol. The normalized spacial score (nSPS) is 22.0. The van der Waals surface area contributed by atoms with Gasteiger partial charge in [0.15, 0.2) is 0 Å². The quantitative estimate of drug-likeness (QED) is 0.847. The van der Waals surface area contributed by atoms with Gasteiger partial charge in [-0.25, -0.2) is 0 Å². The molecule has 0 spiro atoms. The Hall–Kier alpha value is -1.26. The Kier molecular flexibility index (Phi) is 5.12. The minimum atomic E-state index is -0.598. The highest BCUT2D eigenvalue weighted by Gasteiger charge is 2.30. The van der Waals surface area contributed by atoms with Crippen molar-refractivity contribution in [2.75, 3.05) is 20.8 Å². The molecule has 1 aromatic rings. The van der Waals surface area contributed by atoms with Crippen molar-refractivity contribution >= 4 is 0 Å². The van der Waals surface area contributed by atoms with E-state index >= 15 is 0 Å². The van der Waals surface area contributed by atoms with Gasteiger partial charge in [-0.3, -0.25) is 0 Å². The molecule has 0 saturated heterocycles. The topological polar surface area (TPSA) is 50.7 Å². The lowest BCUT2D eigenvalue weighted by Crippen LogP contribution is -2.31. The van der Waals surface area contributed by atoms with E-state index in [4.69, 9.17) is 9.47 Å². The van der Waals surface area contributed by atoms with Gasteiger partial charge in [-0.1, -0.05) is 13.8 Å². The minimum absolute atomic E-state index is 0.413. The smallest absolute Gasteiger partial charge is 0.124 e. The number of hydrogen-bond donors (Lipinski definition) is 2. The highest BCUT2D eigenvalue weighted by atomic mass is 16.5. The van der Waals surface area contributed by atoms with Crippen LogP contribution in [-0.2, 0) is 0 Å². The van der Waals surface area contributed by atoms with Crippen LogP contribution in [0.3, 0.4) is 0 Å². The first-order chi connectivity index (χ1) is 9.95. The lowest BCUT2D eigenvalue weighted by atomic mass is 9.92. The molecule has 2 atom stereocenters. The molecule has 1 aliphatic rings. The third-order valence-corrected chi connectivity index (χ3v) is 4.36. The van der Waals surface area contributed by atoms with Crippen LogP contribution in [0.4, 0.5) is 0 Å². The summed E-state index contributed by atoms with van der Waals surface area (Å²) in [6, 6.07) is 5.99. The Morgan fingerprint density at radius 1 is 1.33 bits per heavy atom. The zero-order valence-electron chi connectivity index (χ0n) is 13.5. The van der Waals surface area contributed by atoms with E-state index in [9.17, 15) is 5.11 Å². The molecular formula is C17H27NO3. The number of ether oxygens (including phenoxy) is 2. The van der Waals surface area contributed by atoms with Crippen molar-refractivity contribution in [1.29, 1.82) is 0 Å². The predicted octanol–water partition coefficient (Wildman–Crippen LogP) is 2.91. The first kappa shape index (κ1) is 16.1. The van der Waals surface area contributed by atoms with Gasteiger partial charge in [0.1, 0.15) is 11.5 Å². The van der Waals surface area contributed by atoms with Crippen LogP contribution in [0.25, 0.3) is 0 Å². The molecule has 4 heteroatoms. The zero-order chi connectivity index (χ0) is 15.5. The van der Waals surface area contributed by atoms with Crippen molar-refractivity contribution in [3.8, 4) is 11.5 Å². The van der Waals surface area contributed by atoms with E-state index in [-0.39, 0.29) is 0 Å². The summed E-state index contributed by atoms with van der Waals surface area (Å²) < 4.78 is 10.6. The van der Waals surface area contributed by atoms with Crippen molar-refractivity contribution in [3.63, 3.8) is 0 Å². The summed E-state index contributed by atoms with van der Waals surface area (Å²) in [7, 11) is 3.24. The zero-order valence-corrected chi connectivity index (χ0v) is 13.5. The third kappa shape index (κ3) is 4.11. The lowest BCUT2D eigenvalue weighted by molar-refractivity contribution is 0.164. The van der Waals surface area contributed by atoms with Gasteiger partial charge < -0.3 is 19.9 Å². The average Bonchev–Trinajstić information content (AvgIpc) is 2.83. The van der Waals surface area contributed by atoms with Crippen LogP contribution in [0.1, 0.15) is 44.8 Å². The number of rotatable bonds is 6. The summed E-state index contributed by atoms with van der Waals surface area (Å²) in [5.41, 5.74) is 1.18. The van der Waals surface area contributed by atoms with E-state index < -0.39 is 6.10 Å². The molecule has 0 aliphatic heterocycles. The summed E-state index contributed by atoms with van der Waals surface area (Å²) >= 11 is 0. The Morgan fingerprint density at radius 3 is 2.67 bits per heavy atom. The molecule has 0 amide bonds. The van der Waals surface area contributed by atoms with Crippen LogP contribution in [0.15, 0.2) is 18.2 Å². The number of aliphatic hydroxyl groups is 1. The van der Waals surface area contributed by atoms with Gasteiger partial charge in [-0.05, 0) is 42.9 Å². The Balaban J connectivity index is 1.98. The SMILES string of the molecule is COc1ccc(OC)c(C(O)CNC2CCC(C)(C)C2)c1. The first-order valence-electron chi connectivity index (χ1n) is 7.58. The third-order valence-electron chi connectivity index (χ3n) is 4.36. The van der Waals surface area contributed by atoms with Gasteiger partial charge in [0, 0.05) is 18.2 Å². The van der Waals surface area contributed by atoms with Gasteiger partial charge in [-0.15, -0.1) is 0 Å². The van der Waals surface area contributed by atoms with Crippen LogP contribution in [0.5, 0.6) is 11.5 Å². The van der Waals surface area contributed by atoms with Gasteiger partial charge in [0.25, 0.3) is 0 Å². The molecule has 2 N–H and O–H groups in total. The molecule has 1 aromatic carbocycles.